The maximum absolute atomic E-state index is 14.6. The van der Waals surface area contributed by atoms with Gasteiger partial charge in [-0.25, -0.2) is 22.6 Å². The van der Waals surface area contributed by atoms with Crippen molar-refractivity contribution in [3.8, 4) is 5.69 Å². The highest BCUT2D eigenvalue weighted by Gasteiger charge is 2.51. The summed E-state index contributed by atoms with van der Waals surface area (Å²) >= 11 is 1.53. The first kappa shape index (κ1) is 26.6. The van der Waals surface area contributed by atoms with E-state index in [1.165, 1.54) is 28.3 Å². The van der Waals surface area contributed by atoms with Crippen molar-refractivity contribution < 1.29 is 13.4 Å². The van der Waals surface area contributed by atoms with Gasteiger partial charge >= 0.3 is 0 Å². The Hall–Kier alpha value is -3.28. The Kier molecular flexibility index (Phi) is 6.63. The Morgan fingerprint density at radius 1 is 1.17 bits per heavy atom. The van der Waals surface area contributed by atoms with Crippen molar-refractivity contribution >= 4 is 34.2 Å². The molecule has 0 saturated heterocycles. The van der Waals surface area contributed by atoms with E-state index in [4.69, 9.17) is 0 Å². The largest absolute Gasteiger partial charge is 0.290 e. The fourth-order valence-electron chi connectivity index (χ4n) is 6.41. The molecule has 0 spiro atoms. The molecule has 0 aliphatic heterocycles. The van der Waals surface area contributed by atoms with Crippen LogP contribution in [0, 0.1) is 11.2 Å². The molecule has 0 radical (unpaired) electrons. The molecule has 4 aromatic rings. The predicted molar refractivity (Wildman–Crippen MR) is 156 cm³/mol. The summed E-state index contributed by atoms with van der Waals surface area (Å²) in [5, 5.41) is 9.43. The highest BCUT2D eigenvalue weighted by Crippen LogP contribution is 2.52. The number of halogens is 1. The molecule has 3 aliphatic rings. The lowest BCUT2D eigenvalue weighted by molar-refractivity contribution is 0.0747. The molecule has 0 bridgehead atoms. The van der Waals surface area contributed by atoms with Crippen molar-refractivity contribution in [3.05, 3.63) is 81.6 Å². The van der Waals surface area contributed by atoms with E-state index < -0.39 is 16.4 Å². The average Bonchev–Trinajstić information content (AvgIpc) is 3.34. The molecule has 8 nitrogen and oxygen atoms in total. The number of Topliss-reactive ketones (excluding diaryl/α,β-unsaturated/α-hetero) is 1. The van der Waals surface area contributed by atoms with Gasteiger partial charge in [-0.3, -0.25) is 9.48 Å². The molecule has 11 heteroatoms. The van der Waals surface area contributed by atoms with Gasteiger partial charge in [-0.2, -0.15) is 10.2 Å². The number of aryl methyl sites for hydroxylation is 1. The standard InChI is InChI=1S/C30H31FN6O2S2/c1-3-36(41(39)25-16-33-35(2)18-25)24-9-6-21-12-26-20(15-34-37(26)23-10-7-22(31)8-11-23)13-30(21,14-24)28(38)29-32-17-27(40-29)19-4-5-19/h7-8,10-12,15-19,24H,3-6,9,13-14H2,1-2H3. The van der Waals surface area contributed by atoms with Gasteiger partial charge in [0.15, 0.2) is 5.01 Å². The zero-order valence-electron chi connectivity index (χ0n) is 23.0. The minimum Gasteiger partial charge on any atom is -0.290 e. The van der Waals surface area contributed by atoms with Crippen LogP contribution in [0.2, 0.25) is 0 Å². The van der Waals surface area contributed by atoms with E-state index in [0.29, 0.717) is 41.6 Å². The van der Waals surface area contributed by atoms with E-state index in [1.54, 1.807) is 29.2 Å². The third kappa shape index (κ3) is 4.64. The Balaban J connectivity index is 1.28. The normalized spacial score (nSPS) is 22.7. The zero-order valence-corrected chi connectivity index (χ0v) is 24.6. The zero-order chi connectivity index (χ0) is 28.3. The quantitative estimate of drug-likeness (QED) is 0.254. The van der Waals surface area contributed by atoms with Gasteiger partial charge in [0.2, 0.25) is 5.78 Å². The summed E-state index contributed by atoms with van der Waals surface area (Å²) in [4.78, 5) is 21.1. The number of ketones is 1. The fraction of sp³-hybridized carbons (Fsp3) is 0.400. The first-order valence-electron chi connectivity index (χ1n) is 14.1. The summed E-state index contributed by atoms with van der Waals surface area (Å²) in [7, 11) is 0.429. The predicted octanol–water partition coefficient (Wildman–Crippen LogP) is 5.48. The number of hydrogen-bond donors (Lipinski definition) is 0. The number of allylic oxidation sites excluding steroid dienone is 1. The Morgan fingerprint density at radius 2 is 1.98 bits per heavy atom. The SMILES string of the molecule is CCN(C1CCC2=Cc3c(cnn3-c3ccc(F)cc3)CC2(C(=O)c2ncc(C3CC3)s2)C1)S(=O)c1cnn(C)c1. The number of carbonyl (C=O) groups is 1. The van der Waals surface area contributed by atoms with Crippen LogP contribution in [-0.4, -0.2) is 51.4 Å². The van der Waals surface area contributed by atoms with Crippen LogP contribution in [0.4, 0.5) is 4.39 Å². The summed E-state index contributed by atoms with van der Waals surface area (Å²) in [5.41, 5.74) is 2.95. The summed E-state index contributed by atoms with van der Waals surface area (Å²) in [6.45, 7) is 2.61. The Morgan fingerprint density at radius 3 is 2.68 bits per heavy atom. The molecule has 41 heavy (non-hydrogen) atoms. The van der Waals surface area contributed by atoms with Gasteiger partial charge in [0.1, 0.15) is 16.8 Å². The molecule has 3 atom stereocenters. The van der Waals surface area contributed by atoms with Crippen LogP contribution in [0.3, 0.4) is 0 Å². The van der Waals surface area contributed by atoms with Gasteiger partial charge in [0.25, 0.3) is 0 Å². The van der Waals surface area contributed by atoms with Gasteiger partial charge in [0, 0.05) is 36.9 Å². The topological polar surface area (TPSA) is 85.9 Å². The van der Waals surface area contributed by atoms with Crippen LogP contribution >= 0.6 is 11.3 Å². The second-order valence-electron chi connectivity index (χ2n) is 11.3. The number of hydrogen-bond acceptors (Lipinski definition) is 6. The van der Waals surface area contributed by atoms with E-state index in [0.717, 1.165) is 41.8 Å². The fourth-order valence-corrected chi connectivity index (χ4v) is 8.87. The van der Waals surface area contributed by atoms with Crippen molar-refractivity contribution in [3.63, 3.8) is 0 Å². The van der Waals surface area contributed by atoms with Crippen LogP contribution in [-0.2, 0) is 24.5 Å². The first-order chi connectivity index (χ1) is 19.9. The van der Waals surface area contributed by atoms with Crippen LogP contribution in [0.15, 0.2) is 59.5 Å². The molecule has 3 aliphatic carbocycles. The average molecular weight is 591 g/mol. The summed E-state index contributed by atoms with van der Waals surface area (Å²) in [5.74, 6) is 0.285. The molecule has 212 valence electrons. The second kappa shape index (κ2) is 10.2. The smallest absolute Gasteiger partial charge is 0.201 e. The van der Waals surface area contributed by atoms with Crippen molar-refractivity contribution in [2.45, 2.75) is 62.3 Å². The maximum Gasteiger partial charge on any atom is 0.201 e. The van der Waals surface area contributed by atoms with Gasteiger partial charge in [-0.05, 0) is 80.3 Å². The Labute approximate surface area is 244 Å². The third-order valence-corrected chi connectivity index (χ3v) is 11.4. The van der Waals surface area contributed by atoms with E-state index in [2.05, 4.69) is 21.3 Å². The lowest BCUT2D eigenvalue weighted by atomic mass is 9.61. The molecule has 2 saturated carbocycles. The van der Waals surface area contributed by atoms with E-state index in [-0.39, 0.29) is 17.6 Å². The lowest BCUT2D eigenvalue weighted by Gasteiger charge is -2.46. The summed E-state index contributed by atoms with van der Waals surface area (Å²) < 4.78 is 32.8. The van der Waals surface area contributed by atoms with Gasteiger partial charge in [-0.15, -0.1) is 11.3 Å². The van der Waals surface area contributed by atoms with Crippen LogP contribution in [0.25, 0.3) is 11.8 Å². The summed E-state index contributed by atoms with van der Waals surface area (Å²) in [6.07, 6.45) is 14.1. The molecule has 3 heterocycles. The highest BCUT2D eigenvalue weighted by molar-refractivity contribution is 7.82. The minimum absolute atomic E-state index is 0.0498. The molecule has 2 fully saturated rings. The number of nitrogens with zero attached hydrogens (tertiary/aromatic N) is 6. The van der Waals surface area contributed by atoms with Crippen molar-refractivity contribution in [1.29, 1.82) is 0 Å². The number of thiazole rings is 1. The highest BCUT2D eigenvalue weighted by atomic mass is 32.2. The van der Waals surface area contributed by atoms with Crippen molar-refractivity contribution in [2.24, 2.45) is 12.5 Å². The number of rotatable bonds is 8. The van der Waals surface area contributed by atoms with Crippen molar-refractivity contribution in [1.82, 2.24) is 28.9 Å². The Bertz CT molecular complexity index is 1680. The van der Waals surface area contributed by atoms with E-state index in [1.807, 2.05) is 35.4 Å². The van der Waals surface area contributed by atoms with Crippen LogP contribution in [0.1, 0.15) is 70.9 Å². The number of carbonyl (C=O) groups excluding carboxylic acids is 1. The number of benzene rings is 1. The van der Waals surface area contributed by atoms with Crippen LogP contribution < -0.4 is 0 Å². The first-order valence-corrected chi connectivity index (χ1v) is 16.0. The van der Waals surface area contributed by atoms with Crippen LogP contribution in [0.5, 0.6) is 0 Å². The molecular weight excluding hydrogens is 560 g/mol. The molecule has 0 N–H and O–H groups in total. The summed E-state index contributed by atoms with van der Waals surface area (Å²) in [6, 6.07) is 6.23. The monoisotopic (exact) mass is 590 g/mol. The number of fused-ring (bicyclic) bond motifs is 2. The lowest BCUT2D eigenvalue weighted by Crippen LogP contribution is -2.49. The van der Waals surface area contributed by atoms with Gasteiger partial charge in [-0.1, -0.05) is 12.5 Å². The van der Waals surface area contributed by atoms with Gasteiger partial charge < -0.3 is 0 Å². The van der Waals surface area contributed by atoms with Gasteiger partial charge in [0.05, 0.1) is 34.1 Å². The third-order valence-electron chi connectivity index (χ3n) is 8.65. The van der Waals surface area contributed by atoms with Crippen molar-refractivity contribution in [2.75, 3.05) is 6.54 Å². The molecule has 1 aromatic carbocycles. The molecule has 3 aromatic heterocycles. The van der Waals surface area contributed by atoms with E-state index in [9.17, 15) is 13.4 Å². The second-order valence-corrected chi connectivity index (χ2v) is 13.8. The molecule has 0 amide bonds. The molecule has 7 rings (SSSR count). The molecular formula is C30H31FN6O2S2. The maximum atomic E-state index is 14.6. The number of aromatic nitrogens is 5. The minimum atomic E-state index is -1.39. The van der Waals surface area contributed by atoms with E-state index >= 15 is 0 Å². The molecule has 3 unspecified atom stereocenters.